The first-order chi connectivity index (χ1) is 11.1. The van der Waals surface area contributed by atoms with E-state index in [9.17, 15) is 9.59 Å². The van der Waals surface area contributed by atoms with Crippen LogP contribution in [0.2, 0.25) is 5.02 Å². The average Bonchev–Trinajstić information content (AvgIpc) is 3.07. The zero-order valence-corrected chi connectivity index (χ0v) is 13.0. The monoisotopic (exact) mass is 330 g/mol. The van der Waals surface area contributed by atoms with Crippen molar-refractivity contribution in [2.24, 2.45) is 0 Å². The smallest absolute Gasteiger partial charge is 0.269 e. The molecule has 0 radical (unpaired) electrons. The van der Waals surface area contributed by atoms with Crippen LogP contribution >= 0.6 is 11.6 Å². The number of hydrogen-bond donors (Lipinski definition) is 2. The van der Waals surface area contributed by atoms with E-state index in [1.807, 2.05) is 6.07 Å². The summed E-state index contributed by atoms with van der Waals surface area (Å²) in [5, 5.41) is 0.566. The van der Waals surface area contributed by atoms with Crippen LogP contribution in [0.5, 0.6) is 0 Å². The lowest BCUT2D eigenvalue weighted by Crippen LogP contribution is -2.38. The van der Waals surface area contributed by atoms with Crippen LogP contribution in [0.3, 0.4) is 0 Å². The molecule has 0 spiro atoms. The van der Waals surface area contributed by atoms with E-state index in [4.69, 9.17) is 16.0 Å². The van der Waals surface area contributed by atoms with Gasteiger partial charge in [0.2, 0.25) is 0 Å². The molecule has 0 saturated heterocycles. The molecule has 1 aromatic carbocycles. The van der Waals surface area contributed by atoms with Crippen LogP contribution in [-0.4, -0.2) is 11.7 Å². The third-order valence-electron chi connectivity index (χ3n) is 3.64. The summed E-state index contributed by atoms with van der Waals surface area (Å²) >= 11 is 5.79. The third-order valence-corrected chi connectivity index (χ3v) is 3.89. The molecule has 3 rings (SSSR count). The fourth-order valence-corrected chi connectivity index (χ4v) is 2.64. The van der Waals surface area contributed by atoms with Crippen LogP contribution in [0, 0.1) is 0 Å². The van der Waals surface area contributed by atoms with Crippen molar-refractivity contribution in [3.63, 3.8) is 0 Å². The minimum absolute atomic E-state index is 0.000826. The molecule has 0 unspecified atom stereocenters. The van der Waals surface area contributed by atoms with E-state index in [1.165, 1.54) is 6.08 Å². The Morgan fingerprint density at radius 3 is 2.65 bits per heavy atom. The standard InChI is InChI=1S/C17H15ClN2O3/c18-13-5-3-11(4-6-13)17(22)20-19-14-8-12(9-15(21)10-14)16-2-1-7-23-16/h1-7,10,12,19H,8-9H2,(H,20,22)/t12-/m0/s1. The van der Waals surface area contributed by atoms with Crippen molar-refractivity contribution in [3.05, 3.63) is 70.8 Å². The fraction of sp³-hybridized carbons (Fsp3) is 0.176. The molecule has 6 heteroatoms. The minimum Gasteiger partial charge on any atom is -0.469 e. The number of ketones is 1. The Kier molecular flexibility index (Phi) is 4.48. The maximum atomic E-state index is 12.0. The van der Waals surface area contributed by atoms with Crippen molar-refractivity contribution in [1.82, 2.24) is 10.9 Å². The van der Waals surface area contributed by atoms with Gasteiger partial charge in [-0.3, -0.25) is 15.0 Å². The van der Waals surface area contributed by atoms with Gasteiger partial charge >= 0.3 is 0 Å². The van der Waals surface area contributed by atoms with Gasteiger partial charge in [0.1, 0.15) is 5.76 Å². The van der Waals surface area contributed by atoms with Gasteiger partial charge in [-0.15, -0.1) is 0 Å². The van der Waals surface area contributed by atoms with E-state index < -0.39 is 0 Å². The van der Waals surface area contributed by atoms with Crippen molar-refractivity contribution in [2.45, 2.75) is 18.8 Å². The maximum absolute atomic E-state index is 12.0. The van der Waals surface area contributed by atoms with Crippen LogP contribution in [-0.2, 0) is 4.79 Å². The molecule has 2 aromatic rings. The van der Waals surface area contributed by atoms with Gasteiger partial charge in [-0.1, -0.05) is 11.6 Å². The molecule has 1 atom stereocenters. The Balaban J connectivity index is 1.62. The van der Waals surface area contributed by atoms with Crippen molar-refractivity contribution < 1.29 is 14.0 Å². The highest BCUT2D eigenvalue weighted by atomic mass is 35.5. The summed E-state index contributed by atoms with van der Waals surface area (Å²) in [4.78, 5) is 23.9. The molecule has 1 aliphatic rings. The van der Waals surface area contributed by atoms with Gasteiger partial charge in [-0.25, -0.2) is 0 Å². The summed E-state index contributed by atoms with van der Waals surface area (Å²) in [5.41, 5.74) is 6.55. The van der Waals surface area contributed by atoms with Crippen LogP contribution in [0.25, 0.3) is 0 Å². The lowest BCUT2D eigenvalue weighted by Gasteiger charge is -2.21. The van der Waals surface area contributed by atoms with Crippen molar-refractivity contribution in [1.29, 1.82) is 0 Å². The number of hydrazine groups is 1. The SMILES string of the molecule is O=C1C=C(NNC(=O)c2ccc(Cl)cc2)C[C@H](c2ccco2)C1. The second-order valence-electron chi connectivity index (χ2n) is 5.34. The summed E-state index contributed by atoms with van der Waals surface area (Å²) in [6.07, 6.45) is 4.11. The molecule has 118 valence electrons. The molecule has 1 aliphatic carbocycles. The van der Waals surface area contributed by atoms with E-state index in [0.717, 1.165) is 5.76 Å². The number of halogens is 1. The molecule has 2 N–H and O–H groups in total. The lowest BCUT2D eigenvalue weighted by atomic mass is 9.89. The highest BCUT2D eigenvalue weighted by Gasteiger charge is 2.24. The van der Waals surface area contributed by atoms with E-state index in [0.29, 0.717) is 29.1 Å². The van der Waals surface area contributed by atoms with E-state index >= 15 is 0 Å². The normalized spacial score (nSPS) is 17.5. The highest BCUT2D eigenvalue weighted by molar-refractivity contribution is 6.30. The molecule has 23 heavy (non-hydrogen) atoms. The zero-order chi connectivity index (χ0) is 16.2. The lowest BCUT2D eigenvalue weighted by molar-refractivity contribution is -0.115. The molecule has 5 nitrogen and oxygen atoms in total. The first-order valence-electron chi connectivity index (χ1n) is 7.20. The number of amides is 1. The Hall–Kier alpha value is -2.53. The minimum atomic E-state index is -0.296. The second kappa shape index (κ2) is 6.71. The van der Waals surface area contributed by atoms with Gasteiger partial charge in [0.05, 0.1) is 6.26 Å². The number of nitrogens with one attached hydrogen (secondary N) is 2. The van der Waals surface area contributed by atoms with E-state index in [-0.39, 0.29) is 17.6 Å². The largest absolute Gasteiger partial charge is 0.469 e. The number of rotatable bonds is 4. The van der Waals surface area contributed by atoms with Crippen LogP contribution in [0.15, 0.2) is 58.9 Å². The van der Waals surface area contributed by atoms with Gasteiger partial charge in [0, 0.05) is 34.7 Å². The molecule has 0 bridgehead atoms. The molecular formula is C17H15ClN2O3. The Morgan fingerprint density at radius 2 is 1.96 bits per heavy atom. The molecule has 1 aromatic heterocycles. The van der Waals surface area contributed by atoms with Crippen LogP contribution in [0.1, 0.15) is 34.9 Å². The summed E-state index contributed by atoms with van der Waals surface area (Å²) in [5.74, 6) is 0.461. The summed E-state index contributed by atoms with van der Waals surface area (Å²) < 4.78 is 5.37. The number of carbonyl (C=O) groups excluding carboxylic acids is 2. The fourth-order valence-electron chi connectivity index (χ4n) is 2.52. The highest BCUT2D eigenvalue weighted by Crippen LogP contribution is 2.30. The first-order valence-corrected chi connectivity index (χ1v) is 7.58. The topological polar surface area (TPSA) is 71.3 Å². The predicted octanol–water partition coefficient (Wildman–Crippen LogP) is 3.20. The number of furan rings is 1. The van der Waals surface area contributed by atoms with Gasteiger partial charge < -0.3 is 9.84 Å². The third kappa shape index (κ3) is 3.81. The first kappa shape index (κ1) is 15.4. The Labute approximate surface area is 138 Å². The molecule has 0 fully saturated rings. The Bertz CT molecular complexity index is 736. The quantitative estimate of drug-likeness (QED) is 0.844. The predicted molar refractivity (Wildman–Crippen MR) is 85.8 cm³/mol. The second-order valence-corrected chi connectivity index (χ2v) is 5.78. The van der Waals surface area contributed by atoms with Gasteiger partial charge in [0.25, 0.3) is 5.91 Å². The van der Waals surface area contributed by atoms with Gasteiger partial charge in [0.15, 0.2) is 5.78 Å². The summed E-state index contributed by atoms with van der Waals surface area (Å²) in [7, 11) is 0. The zero-order valence-electron chi connectivity index (χ0n) is 12.2. The van der Waals surface area contributed by atoms with Crippen LogP contribution in [0.4, 0.5) is 0 Å². The Morgan fingerprint density at radius 1 is 1.17 bits per heavy atom. The molecule has 1 amide bonds. The number of carbonyl (C=O) groups is 2. The number of benzene rings is 1. The van der Waals surface area contributed by atoms with Gasteiger partial charge in [-0.2, -0.15) is 0 Å². The number of hydrogen-bond acceptors (Lipinski definition) is 4. The molecular weight excluding hydrogens is 316 g/mol. The number of allylic oxidation sites excluding steroid dienone is 2. The van der Waals surface area contributed by atoms with Crippen molar-refractivity contribution in [3.8, 4) is 0 Å². The molecule has 0 saturated carbocycles. The maximum Gasteiger partial charge on any atom is 0.269 e. The van der Waals surface area contributed by atoms with Crippen LogP contribution < -0.4 is 10.9 Å². The summed E-state index contributed by atoms with van der Waals surface area (Å²) in [6, 6.07) is 10.2. The average molecular weight is 331 g/mol. The van der Waals surface area contributed by atoms with E-state index in [2.05, 4.69) is 10.9 Å². The summed E-state index contributed by atoms with van der Waals surface area (Å²) in [6.45, 7) is 0. The molecule has 0 aliphatic heterocycles. The molecule has 1 heterocycles. The van der Waals surface area contributed by atoms with Crippen molar-refractivity contribution >= 4 is 23.3 Å². The van der Waals surface area contributed by atoms with Gasteiger partial charge in [-0.05, 0) is 42.8 Å². The van der Waals surface area contributed by atoms with Crippen molar-refractivity contribution in [2.75, 3.05) is 0 Å². The van der Waals surface area contributed by atoms with E-state index in [1.54, 1.807) is 36.6 Å².